The highest BCUT2D eigenvalue weighted by atomic mass is 32.2. The van der Waals surface area contributed by atoms with Gasteiger partial charge in [-0.25, -0.2) is 8.42 Å². The Balaban J connectivity index is 1.57. The molecular weight excluding hydrogens is 368 g/mol. The molecule has 1 aromatic carbocycles. The van der Waals surface area contributed by atoms with Crippen LogP contribution in [0.5, 0.6) is 0 Å². The van der Waals surface area contributed by atoms with Gasteiger partial charge < -0.3 is 4.90 Å². The van der Waals surface area contributed by atoms with E-state index in [0.717, 1.165) is 12.0 Å². The van der Waals surface area contributed by atoms with Gasteiger partial charge in [-0.2, -0.15) is 4.31 Å². The van der Waals surface area contributed by atoms with Crippen molar-refractivity contribution < 1.29 is 13.2 Å². The minimum absolute atomic E-state index is 0.0854. The van der Waals surface area contributed by atoms with Crippen LogP contribution < -0.4 is 0 Å². The molecule has 138 valence electrons. The number of carbonyl (C=O) groups excluding carboxylic acids is 1. The number of rotatable bonds is 5. The lowest BCUT2D eigenvalue weighted by atomic mass is 10.1. The Labute approximate surface area is 158 Å². The van der Waals surface area contributed by atoms with Crippen molar-refractivity contribution in [1.82, 2.24) is 9.21 Å². The average Bonchev–Trinajstić information content (AvgIpc) is 3.22. The van der Waals surface area contributed by atoms with Crippen LogP contribution in [0.4, 0.5) is 0 Å². The third-order valence-corrected chi connectivity index (χ3v) is 7.72. The minimum atomic E-state index is -3.43. The summed E-state index contributed by atoms with van der Waals surface area (Å²) in [6, 6.07) is 11.4. The van der Waals surface area contributed by atoms with Crippen molar-refractivity contribution in [2.75, 3.05) is 26.2 Å². The number of aryl methyl sites for hydroxylation is 1. The molecule has 1 amide bonds. The number of benzene rings is 1. The van der Waals surface area contributed by atoms with E-state index >= 15 is 0 Å². The fourth-order valence-corrected chi connectivity index (χ4v) is 5.39. The first-order chi connectivity index (χ1) is 12.5. The van der Waals surface area contributed by atoms with Gasteiger partial charge in [0.1, 0.15) is 4.21 Å². The normalized spacial score (nSPS) is 16.3. The van der Waals surface area contributed by atoms with E-state index in [-0.39, 0.29) is 5.91 Å². The Hall–Kier alpha value is -1.96. The maximum absolute atomic E-state index is 12.5. The van der Waals surface area contributed by atoms with Crippen molar-refractivity contribution in [2.45, 2.75) is 17.6 Å². The summed E-state index contributed by atoms with van der Waals surface area (Å²) in [6.07, 6.45) is 4.35. The largest absolute Gasteiger partial charge is 0.337 e. The second-order valence-corrected chi connectivity index (χ2v) is 9.20. The highest BCUT2D eigenvalue weighted by Crippen LogP contribution is 2.22. The lowest BCUT2D eigenvalue weighted by Gasteiger charge is -2.33. The zero-order valence-corrected chi connectivity index (χ0v) is 16.3. The topological polar surface area (TPSA) is 57.7 Å². The average molecular weight is 391 g/mol. The Morgan fingerprint density at radius 3 is 2.38 bits per heavy atom. The van der Waals surface area contributed by atoms with Crippen molar-refractivity contribution in [2.24, 2.45) is 0 Å². The summed E-state index contributed by atoms with van der Waals surface area (Å²) < 4.78 is 26.8. The number of nitrogens with zero attached hydrogens (tertiary/aromatic N) is 2. The molecule has 1 saturated heterocycles. The van der Waals surface area contributed by atoms with Crippen LogP contribution in [0.3, 0.4) is 0 Å². The first-order valence-electron chi connectivity index (χ1n) is 8.60. The predicted octanol–water partition coefficient (Wildman–Crippen LogP) is 2.86. The van der Waals surface area contributed by atoms with Crippen molar-refractivity contribution in [3.05, 3.63) is 59.0 Å². The maximum Gasteiger partial charge on any atom is 0.252 e. The van der Waals surface area contributed by atoms with Crippen LogP contribution in [-0.2, 0) is 21.2 Å². The number of carbonyl (C=O) groups is 1. The molecule has 0 aliphatic carbocycles. The molecule has 26 heavy (non-hydrogen) atoms. The van der Waals surface area contributed by atoms with Crippen molar-refractivity contribution >= 4 is 33.3 Å². The zero-order chi connectivity index (χ0) is 18.6. The Morgan fingerprint density at radius 2 is 1.81 bits per heavy atom. The number of hydrogen-bond acceptors (Lipinski definition) is 4. The molecule has 7 heteroatoms. The summed E-state index contributed by atoms with van der Waals surface area (Å²) in [5.74, 6) is -0.0854. The van der Waals surface area contributed by atoms with Gasteiger partial charge in [-0.3, -0.25) is 4.79 Å². The van der Waals surface area contributed by atoms with Gasteiger partial charge >= 0.3 is 0 Å². The van der Waals surface area contributed by atoms with Gasteiger partial charge in [-0.05, 0) is 35.1 Å². The van der Waals surface area contributed by atoms with E-state index in [4.69, 9.17) is 0 Å². The van der Waals surface area contributed by atoms with Gasteiger partial charge in [0.25, 0.3) is 10.0 Å². The van der Waals surface area contributed by atoms with Gasteiger partial charge in [0.2, 0.25) is 5.91 Å². The minimum Gasteiger partial charge on any atom is -0.337 e. The molecule has 0 N–H and O–H groups in total. The van der Waals surface area contributed by atoms with Crippen molar-refractivity contribution in [3.8, 4) is 0 Å². The van der Waals surface area contributed by atoms with Crippen LogP contribution in [0.1, 0.15) is 18.1 Å². The van der Waals surface area contributed by atoms with Gasteiger partial charge in [-0.1, -0.05) is 37.3 Å². The van der Waals surface area contributed by atoms with E-state index < -0.39 is 10.0 Å². The number of sulfonamides is 1. The first kappa shape index (κ1) is 18.8. The van der Waals surface area contributed by atoms with Gasteiger partial charge in [0.05, 0.1) is 0 Å². The fraction of sp³-hybridized carbons (Fsp3) is 0.316. The second kappa shape index (κ2) is 8.16. The van der Waals surface area contributed by atoms with Crippen LogP contribution in [0.15, 0.2) is 52.1 Å². The molecule has 1 aliphatic rings. The molecule has 0 unspecified atom stereocenters. The third-order valence-electron chi connectivity index (χ3n) is 4.45. The number of thiophene rings is 1. The van der Waals surface area contributed by atoms with Gasteiger partial charge in [-0.15, -0.1) is 11.3 Å². The molecule has 0 radical (unpaired) electrons. The standard InChI is InChI=1S/C19H22N2O3S2/c1-2-16-5-7-17(8-6-16)9-10-18(22)20-11-13-21(14-12-20)26(23,24)19-4-3-15-25-19/h3-10,15H,2,11-14H2,1H3/b10-9+. The Bertz CT molecular complexity index is 864. The van der Waals surface area contributed by atoms with E-state index in [1.807, 2.05) is 12.1 Å². The summed E-state index contributed by atoms with van der Waals surface area (Å²) in [5, 5.41) is 1.75. The quantitative estimate of drug-likeness (QED) is 0.738. The summed E-state index contributed by atoms with van der Waals surface area (Å²) in [4.78, 5) is 14.0. The fourth-order valence-electron chi connectivity index (χ4n) is 2.82. The Kier molecular flexibility index (Phi) is 5.90. The summed E-state index contributed by atoms with van der Waals surface area (Å²) >= 11 is 1.22. The SMILES string of the molecule is CCc1ccc(/C=C/C(=O)N2CCN(S(=O)(=O)c3cccs3)CC2)cc1. The van der Waals surface area contributed by atoms with Crippen LogP contribution in [0.2, 0.25) is 0 Å². The molecular formula is C19H22N2O3S2. The monoisotopic (exact) mass is 390 g/mol. The summed E-state index contributed by atoms with van der Waals surface area (Å²) in [6.45, 7) is 3.56. The molecule has 2 aromatic rings. The molecule has 0 saturated carbocycles. The van der Waals surface area contributed by atoms with E-state index in [2.05, 4.69) is 19.1 Å². The third kappa shape index (κ3) is 4.23. The van der Waals surface area contributed by atoms with Crippen LogP contribution >= 0.6 is 11.3 Å². The molecule has 0 spiro atoms. The number of hydrogen-bond donors (Lipinski definition) is 0. The van der Waals surface area contributed by atoms with Crippen LogP contribution in [0.25, 0.3) is 6.08 Å². The molecule has 1 aliphatic heterocycles. The molecule has 3 rings (SSSR count). The van der Waals surface area contributed by atoms with E-state index in [9.17, 15) is 13.2 Å². The molecule has 5 nitrogen and oxygen atoms in total. The van der Waals surface area contributed by atoms with Gasteiger partial charge in [0, 0.05) is 32.3 Å². The first-order valence-corrected chi connectivity index (χ1v) is 10.9. The second-order valence-electron chi connectivity index (χ2n) is 6.09. The lowest BCUT2D eigenvalue weighted by molar-refractivity contribution is -0.127. The number of amides is 1. The van der Waals surface area contributed by atoms with E-state index in [1.165, 1.54) is 21.2 Å². The maximum atomic E-state index is 12.5. The van der Waals surface area contributed by atoms with Crippen LogP contribution in [0, 0.1) is 0 Å². The molecule has 1 aromatic heterocycles. The van der Waals surface area contributed by atoms with E-state index in [0.29, 0.717) is 30.4 Å². The molecule has 1 fully saturated rings. The summed E-state index contributed by atoms with van der Waals surface area (Å²) in [7, 11) is -3.43. The van der Waals surface area contributed by atoms with E-state index in [1.54, 1.807) is 34.6 Å². The van der Waals surface area contributed by atoms with Crippen molar-refractivity contribution in [1.29, 1.82) is 0 Å². The zero-order valence-electron chi connectivity index (χ0n) is 14.7. The molecule has 0 bridgehead atoms. The van der Waals surface area contributed by atoms with Gasteiger partial charge in [0.15, 0.2) is 0 Å². The van der Waals surface area contributed by atoms with Crippen LogP contribution in [-0.4, -0.2) is 49.7 Å². The highest BCUT2D eigenvalue weighted by Gasteiger charge is 2.30. The highest BCUT2D eigenvalue weighted by molar-refractivity contribution is 7.91. The molecule has 2 heterocycles. The number of piperazine rings is 1. The smallest absolute Gasteiger partial charge is 0.252 e. The Morgan fingerprint density at radius 1 is 1.12 bits per heavy atom. The lowest BCUT2D eigenvalue weighted by Crippen LogP contribution is -2.50. The summed E-state index contributed by atoms with van der Waals surface area (Å²) in [5.41, 5.74) is 2.24. The predicted molar refractivity (Wildman–Crippen MR) is 105 cm³/mol. The van der Waals surface area contributed by atoms with Crippen molar-refractivity contribution in [3.63, 3.8) is 0 Å². The molecule has 0 atom stereocenters.